The molecule has 3 aromatic rings. The highest BCUT2D eigenvalue weighted by molar-refractivity contribution is 7.93. The number of benzene rings is 2. The van der Waals surface area contributed by atoms with Crippen LogP contribution < -0.4 is 9.46 Å². The summed E-state index contributed by atoms with van der Waals surface area (Å²) in [5.41, 5.74) is -0.763. The van der Waals surface area contributed by atoms with Crippen molar-refractivity contribution in [3.05, 3.63) is 59.4 Å². The van der Waals surface area contributed by atoms with Gasteiger partial charge < -0.3 is 9.47 Å². The highest BCUT2D eigenvalue weighted by Crippen LogP contribution is 2.38. The molecule has 0 saturated carbocycles. The average Bonchev–Trinajstić information content (AvgIpc) is 3.14. The minimum Gasteiger partial charge on any atom is -0.454 e. The van der Waals surface area contributed by atoms with Gasteiger partial charge in [0.1, 0.15) is 22.8 Å². The van der Waals surface area contributed by atoms with Gasteiger partial charge in [0.05, 0.1) is 18.8 Å². The van der Waals surface area contributed by atoms with Gasteiger partial charge >= 0.3 is 6.18 Å². The first-order valence-electron chi connectivity index (χ1n) is 8.79. The lowest BCUT2D eigenvalue weighted by molar-refractivity contribution is -0.137. The van der Waals surface area contributed by atoms with Crippen LogP contribution in [-0.2, 0) is 20.9 Å². The Bertz CT molecular complexity index is 1250. The molecule has 4 rings (SSSR count). The Labute approximate surface area is 182 Å². The maximum atomic E-state index is 14.5. The van der Waals surface area contributed by atoms with E-state index in [1.54, 1.807) is 0 Å². The lowest BCUT2D eigenvalue weighted by Gasteiger charge is -2.27. The van der Waals surface area contributed by atoms with Crippen LogP contribution in [-0.4, -0.2) is 31.0 Å². The molecule has 2 aromatic carbocycles. The Morgan fingerprint density at radius 2 is 1.84 bits per heavy atom. The molecule has 1 aromatic heterocycles. The number of sulfonamides is 1. The summed E-state index contributed by atoms with van der Waals surface area (Å²) in [6.07, 6.45) is -3.63. The van der Waals surface area contributed by atoms with E-state index < -0.39 is 44.0 Å². The predicted molar refractivity (Wildman–Crippen MR) is 102 cm³/mol. The number of rotatable bonds is 6. The summed E-state index contributed by atoms with van der Waals surface area (Å²) in [7, 11) is -4.54. The van der Waals surface area contributed by atoms with Crippen LogP contribution in [0.5, 0.6) is 11.5 Å². The lowest BCUT2D eigenvalue weighted by atomic mass is 9.95. The Kier molecular flexibility index (Phi) is 5.77. The summed E-state index contributed by atoms with van der Waals surface area (Å²) in [5, 5.41) is -0.165. The number of ether oxygens (including phenoxy) is 2. The first-order valence-corrected chi connectivity index (χ1v) is 11.0. The molecule has 0 radical (unpaired) electrons. The fraction of sp³-hybridized carbons (Fsp3) is 0.222. The minimum atomic E-state index is -4.70. The molecule has 1 fully saturated rings. The van der Waals surface area contributed by atoms with Crippen LogP contribution in [0.15, 0.2) is 41.6 Å². The Hall–Kier alpha value is -2.84. The van der Waals surface area contributed by atoms with Crippen LogP contribution in [0.3, 0.4) is 0 Å². The van der Waals surface area contributed by atoms with Crippen molar-refractivity contribution in [1.29, 1.82) is 0 Å². The zero-order chi connectivity index (χ0) is 23.1. The molecule has 0 atom stereocenters. The summed E-state index contributed by atoms with van der Waals surface area (Å²) in [4.78, 5) is 2.56. The second-order valence-electron chi connectivity index (χ2n) is 6.69. The number of hydrogen-bond acceptors (Lipinski definition) is 7. The van der Waals surface area contributed by atoms with Gasteiger partial charge in [0.25, 0.3) is 10.0 Å². The standard InChI is InChI=1S/C18H12F5N3O4S2/c19-13-5-16(32(27,28)26-17-24-8-25-31-17)14(20)4-15(13)30-12-2-9(10-6-29-7-10)1-11(3-12)18(21,22)23/h1-5,8,10H,6-7H2,(H,24,25,26). The topological polar surface area (TPSA) is 90.4 Å². The van der Waals surface area contributed by atoms with Crippen LogP contribution in [0.1, 0.15) is 17.0 Å². The van der Waals surface area contributed by atoms with Crippen molar-refractivity contribution in [1.82, 2.24) is 9.36 Å². The van der Waals surface area contributed by atoms with Crippen molar-refractivity contribution in [3.63, 3.8) is 0 Å². The number of hydrogen-bond donors (Lipinski definition) is 1. The van der Waals surface area contributed by atoms with Gasteiger partial charge in [0.2, 0.25) is 5.13 Å². The van der Waals surface area contributed by atoms with E-state index in [0.29, 0.717) is 29.7 Å². The molecule has 1 saturated heterocycles. The summed E-state index contributed by atoms with van der Waals surface area (Å²) in [5.74, 6) is -4.14. The fourth-order valence-electron chi connectivity index (χ4n) is 2.82. The first kappa shape index (κ1) is 22.4. The van der Waals surface area contributed by atoms with Gasteiger partial charge in [-0.25, -0.2) is 22.2 Å². The predicted octanol–water partition coefficient (Wildman–Crippen LogP) is 4.54. The van der Waals surface area contributed by atoms with Crippen molar-refractivity contribution >= 4 is 26.7 Å². The molecule has 0 unspecified atom stereocenters. The molecule has 1 N–H and O–H groups in total. The molecule has 0 bridgehead atoms. The normalized spacial score (nSPS) is 14.8. The SMILES string of the molecule is O=S(=O)(Nc1ncns1)c1cc(F)c(Oc2cc(C3COC3)cc(C(F)(F)F)c2)cc1F. The minimum absolute atomic E-state index is 0.165. The third kappa shape index (κ3) is 4.66. The molecular formula is C18H12F5N3O4S2. The molecule has 1 aliphatic heterocycles. The van der Waals surface area contributed by atoms with Gasteiger partial charge in [0.15, 0.2) is 11.6 Å². The van der Waals surface area contributed by atoms with E-state index in [1.165, 1.54) is 6.07 Å². The Balaban J connectivity index is 1.66. The summed E-state index contributed by atoms with van der Waals surface area (Å²) < 4.78 is 109. The molecular weight excluding hydrogens is 481 g/mol. The van der Waals surface area contributed by atoms with Crippen LogP contribution in [0, 0.1) is 11.6 Å². The molecule has 0 amide bonds. The van der Waals surface area contributed by atoms with E-state index in [4.69, 9.17) is 9.47 Å². The van der Waals surface area contributed by atoms with Gasteiger partial charge in [-0.2, -0.15) is 17.5 Å². The first-order chi connectivity index (χ1) is 15.0. The zero-order valence-electron chi connectivity index (χ0n) is 15.7. The van der Waals surface area contributed by atoms with Crippen LogP contribution in [0.2, 0.25) is 0 Å². The van der Waals surface area contributed by atoms with Gasteiger partial charge in [-0.1, -0.05) is 0 Å². The molecule has 14 heteroatoms. The van der Waals surface area contributed by atoms with Crippen LogP contribution in [0.4, 0.5) is 27.1 Å². The zero-order valence-corrected chi connectivity index (χ0v) is 17.3. The third-order valence-electron chi connectivity index (χ3n) is 4.45. The van der Waals surface area contributed by atoms with Crippen molar-refractivity contribution < 1.29 is 39.8 Å². The quantitative estimate of drug-likeness (QED) is 0.507. The highest BCUT2D eigenvalue weighted by Gasteiger charge is 2.33. The number of aromatic nitrogens is 2. The number of nitrogens with one attached hydrogen (secondary N) is 1. The highest BCUT2D eigenvalue weighted by atomic mass is 32.2. The van der Waals surface area contributed by atoms with Crippen LogP contribution >= 0.6 is 11.5 Å². The van der Waals surface area contributed by atoms with E-state index in [9.17, 15) is 30.4 Å². The van der Waals surface area contributed by atoms with E-state index in [-0.39, 0.29) is 35.6 Å². The Morgan fingerprint density at radius 3 is 2.44 bits per heavy atom. The second kappa shape index (κ2) is 8.26. The van der Waals surface area contributed by atoms with Gasteiger partial charge in [-0.15, -0.1) is 0 Å². The summed E-state index contributed by atoms with van der Waals surface area (Å²) in [6.45, 7) is 0.440. The average molecular weight is 493 g/mol. The summed E-state index contributed by atoms with van der Waals surface area (Å²) >= 11 is 0.680. The smallest absolute Gasteiger partial charge is 0.416 e. The maximum absolute atomic E-state index is 14.5. The fourth-order valence-corrected chi connectivity index (χ4v) is 4.55. The second-order valence-corrected chi connectivity index (χ2v) is 9.12. The van der Waals surface area contributed by atoms with E-state index in [2.05, 4.69) is 9.36 Å². The van der Waals surface area contributed by atoms with Gasteiger partial charge in [0, 0.05) is 29.6 Å². The van der Waals surface area contributed by atoms with Crippen molar-refractivity contribution in [3.8, 4) is 11.5 Å². The van der Waals surface area contributed by atoms with E-state index in [1.807, 2.05) is 4.72 Å². The van der Waals surface area contributed by atoms with Crippen molar-refractivity contribution in [2.45, 2.75) is 17.0 Å². The van der Waals surface area contributed by atoms with Gasteiger partial charge in [-0.3, -0.25) is 4.72 Å². The molecule has 2 heterocycles. The van der Waals surface area contributed by atoms with E-state index in [0.717, 1.165) is 12.4 Å². The number of alkyl halides is 3. The molecule has 1 aliphatic rings. The molecule has 170 valence electrons. The van der Waals surface area contributed by atoms with E-state index >= 15 is 0 Å². The Morgan fingerprint density at radius 1 is 1.09 bits per heavy atom. The molecule has 32 heavy (non-hydrogen) atoms. The maximum Gasteiger partial charge on any atom is 0.416 e. The number of halogens is 5. The third-order valence-corrected chi connectivity index (χ3v) is 6.52. The van der Waals surface area contributed by atoms with Crippen molar-refractivity contribution in [2.75, 3.05) is 17.9 Å². The number of nitrogens with zero attached hydrogens (tertiary/aromatic N) is 2. The molecule has 0 spiro atoms. The summed E-state index contributed by atoms with van der Waals surface area (Å²) in [6, 6.07) is 3.65. The molecule has 7 nitrogen and oxygen atoms in total. The van der Waals surface area contributed by atoms with Gasteiger partial charge in [-0.05, 0) is 23.8 Å². The van der Waals surface area contributed by atoms with Crippen molar-refractivity contribution in [2.24, 2.45) is 0 Å². The largest absolute Gasteiger partial charge is 0.454 e. The molecule has 0 aliphatic carbocycles. The lowest BCUT2D eigenvalue weighted by Crippen LogP contribution is -2.25. The van der Waals surface area contributed by atoms with Crippen LogP contribution in [0.25, 0.3) is 0 Å². The monoisotopic (exact) mass is 493 g/mol. The number of anilines is 1.